The van der Waals surface area contributed by atoms with Gasteiger partial charge in [0.1, 0.15) is 12.1 Å². The molecule has 1 N–H and O–H groups in total. The van der Waals surface area contributed by atoms with Crippen molar-refractivity contribution in [2.24, 2.45) is 17.8 Å². The molecular formula is C24H31N3O3S. The van der Waals surface area contributed by atoms with Crippen molar-refractivity contribution in [2.45, 2.75) is 58.6 Å². The summed E-state index contributed by atoms with van der Waals surface area (Å²) in [6.07, 6.45) is 4.41. The van der Waals surface area contributed by atoms with Crippen molar-refractivity contribution < 1.29 is 14.3 Å². The van der Waals surface area contributed by atoms with Crippen molar-refractivity contribution in [3.05, 3.63) is 35.2 Å². The normalized spacial score (nSPS) is 22.0. The fourth-order valence-corrected chi connectivity index (χ4v) is 5.43. The van der Waals surface area contributed by atoms with Crippen LogP contribution in [-0.2, 0) is 16.0 Å². The summed E-state index contributed by atoms with van der Waals surface area (Å²) < 4.78 is 6.96. The monoisotopic (exact) mass is 441 g/mol. The van der Waals surface area contributed by atoms with Gasteiger partial charge >= 0.3 is 6.09 Å². The van der Waals surface area contributed by atoms with Gasteiger partial charge in [-0.15, -0.1) is 11.3 Å². The van der Waals surface area contributed by atoms with Crippen LogP contribution in [0.1, 0.15) is 45.6 Å². The fourth-order valence-electron chi connectivity index (χ4n) is 4.46. The third-order valence-electron chi connectivity index (χ3n) is 6.28. The Morgan fingerprint density at radius 3 is 2.77 bits per heavy atom. The van der Waals surface area contributed by atoms with Gasteiger partial charge in [0.25, 0.3) is 5.91 Å². The van der Waals surface area contributed by atoms with E-state index in [9.17, 15) is 14.9 Å². The molecule has 7 heteroatoms. The molecule has 1 saturated carbocycles. The number of nitrogens with zero attached hydrogens (tertiary/aromatic N) is 2. The standard InChI is InChI=1S/C24H31N3O3S/c1-15(2)18-10-9-16(3)11-21(18)30-24(29)26-20(23(28)27(4)14-25)12-17-13-31-22-8-6-5-7-19(17)22/h5-8,13,15-16,18,20-21H,9-12H2,1-4H3,(H,26,29). The number of hydrogen-bond acceptors (Lipinski definition) is 5. The largest absolute Gasteiger partial charge is 0.446 e. The first-order valence-electron chi connectivity index (χ1n) is 10.9. The molecule has 1 fully saturated rings. The molecule has 4 atom stereocenters. The van der Waals surface area contributed by atoms with Gasteiger partial charge in [-0.1, -0.05) is 45.4 Å². The van der Waals surface area contributed by atoms with Crippen LogP contribution in [0.2, 0.25) is 0 Å². The number of carbonyl (C=O) groups is 2. The molecule has 1 aliphatic rings. The number of ether oxygens (including phenoxy) is 1. The van der Waals surface area contributed by atoms with E-state index in [0.717, 1.165) is 39.8 Å². The third-order valence-corrected chi connectivity index (χ3v) is 7.29. The van der Waals surface area contributed by atoms with E-state index in [1.807, 2.05) is 35.8 Å². The van der Waals surface area contributed by atoms with Crippen molar-refractivity contribution in [3.8, 4) is 6.19 Å². The Balaban J connectivity index is 1.75. The van der Waals surface area contributed by atoms with Gasteiger partial charge < -0.3 is 10.1 Å². The van der Waals surface area contributed by atoms with Gasteiger partial charge in [-0.2, -0.15) is 5.26 Å². The lowest BCUT2D eigenvalue weighted by molar-refractivity contribution is -0.129. The molecule has 2 amide bonds. The average molecular weight is 442 g/mol. The zero-order chi connectivity index (χ0) is 22.5. The molecule has 3 rings (SSSR count). The Bertz CT molecular complexity index is 964. The maximum atomic E-state index is 12.8. The second-order valence-electron chi connectivity index (χ2n) is 8.93. The summed E-state index contributed by atoms with van der Waals surface area (Å²) in [5, 5.41) is 15.0. The van der Waals surface area contributed by atoms with Crippen LogP contribution < -0.4 is 5.32 Å². The summed E-state index contributed by atoms with van der Waals surface area (Å²) >= 11 is 1.60. The first-order chi connectivity index (χ1) is 14.8. The van der Waals surface area contributed by atoms with Gasteiger partial charge in [0, 0.05) is 18.2 Å². The number of nitrogens with one attached hydrogen (secondary N) is 1. The molecule has 31 heavy (non-hydrogen) atoms. The number of carbonyl (C=O) groups excluding carboxylic acids is 2. The Morgan fingerprint density at radius 1 is 1.32 bits per heavy atom. The summed E-state index contributed by atoms with van der Waals surface area (Å²) in [4.78, 5) is 26.6. The van der Waals surface area contributed by atoms with E-state index in [2.05, 4.69) is 26.1 Å². The highest BCUT2D eigenvalue weighted by atomic mass is 32.1. The molecule has 0 aliphatic heterocycles. The summed E-state index contributed by atoms with van der Waals surface area (Å²) in [5.74, 6) is 0.794. The van der Waals surface area contributed by atoms with Crippen LogP contribution in [0.25, 0.3) is 10.1 Å². The van der Waals surface area contributed by atoms with E-state index in [1.54, 1.807) is 11.3 Å². The summed E-state index contributed by atoms with van der Waals surface area (Å²) in [5.41, 5.74) is 0.969. The number of likely N-dealkylation sites (N-methyl/N-ethyl adjacent to an activating group) is 1. The van der Waals surface area contributed by atoms with Gasteiger partial charge in [0.05, 0.1) is 0 Å². The maximum absolute atomic E-state index is 12.8. The minimum atomic E-state index is -0.867. The number of fused-ring (bicyclic) bond motifs is 1. The van der Waals surface area contributed by atoms with E-state index < -0.39 is 18.0 Å². The zero-order valence-corrected chi connectivity index (χ0v) is 19.4. The predicted molar refractivity (Wildman–Crippen MR) is 122 cm³/mol. The molecule has 166 valence electrons. The molecule has 6 nitrogen and oxygen atoms in total. The number of amides is 2. The van der Waals surface area contributed by atoms with E-state index >= 15 is 0 Å². The average Bonchev–Trinajstić information content (AvgIpc) is 3.15. The summed E-state index contributed by atoms with van der Waals surface area (Å²) in [6, 6.07) is 7.09. The van der Waals surface area contributed by atoms with Crippen LogP contribution in [0, 0.1) is 29.2 Å². The molecule has 0 saturated heterocycles. The molecule has 1 heterocycles. The Labute approximate surface area is 188 Å². The van der Waals surface area contributed by atoms with Crippen molar-refractivity contribution in [2.75, 3.05) is 7.05 Å². The fraction of sp³-hybridized carbons (Fsp3) is 0.542. The maximum Gasteiger partial charge on any atom is 0.408 e. The SMILES string of the molecule is CC1CCC(C(C)C)C(OC(=O)NC(Cc2csc3ccccc23)C(=O)N(C)C#N)C1. The Morgan fingerprint density at radius 2 is 2.06 bits per heavy atom. The summed E-state index contributed by atoms with van der Waals surface area (Å²) in [6.45, 7) is 6.50. The second-order valence-corrected chi connectivity index (χ2v) is 9.84. The highest BCUT2D eigenvalue weighted by molar-refractivity contribution is 7.17. The first kappa shape index (κ1) is 23.1. The highest BCUT2D eigenvalue weighted by Gasteiger charge is 2.34. The Kier molecular flexibility index (Phi) is 7.55. The molecular weight excluding hydrogens is 410 g/mol. The van der Waals surface area contributed by atoms with Gasteiger partial charge in [-0.25, -0.2) is 4.79 Å². The lowest BCUT2D eigenvalue weighted by Gasteiger charge is -2.36. The van der Waals surface area contributed by atoms with Crippen LogP contribution in [0.15, 0.2) is 29.6 Å². The molecule has 4 unspecified atom stereocenters. The van der Waals surface area contributed by atoms with Crippen molar-refractivity contribution in [1.29, 1.82) is 5.26 Å². The Hall–Kier alpha value is -2.59. The molecule has 0 spiro atoms. The smallest absolute Gasteiger partial charge is 0.408 e. The number of thiophene rings is 1. The first-order valence-corrected chi connectivity index (χ1v) is 11.8. The third kappa shape index (κ3) is 5.56. The van der Waals surface area contributed by atoms with Crippen molar-refractivity contribution >= 4 is 33.4 Å². The molecule has 2 aromatic rings. The van der Waals surface area contributed by atoms with E-state index in [-0.39, 0.29) is 6.10 Å². The van der Waals surface area contributed by atoms with E-state index in [4.69, 9.17) is 4.74 Å². The lowest BCUT2D eigenvalue weighted by atomic mass is 9.75. The van der Waals surface area contributed by atoms with Crippen LogP contribution in [0.3, 0.4) is 0 Å². The molecule has 0 bridgehead atoms. The number of hydrogen-bond donors (Lipinski definition) is 1. The van der Waals surface area contributed by atoms with Crippen molar-refractivity contribution in [3.63, 3.8) is 0 Å². The van der Waals surface area contributed by atoms with E-state index in [1.165, 1.54) is 7.05 Å². The number of rotatable bonds is 6. The summed E-state index contributed by atoms with van der Waals surface area (Å²) in [7, 11) is 1.41. The van der Waals surface area contributed by atoms with Gasteiger partial charge in [0.15, 0.2) is 6.19 Å². The minimum absolute atomic E-state index is 0.157. The molecule has 0 radical (unpaired) electrons. The van der Waals surface area contributed by atoms with Crippen LogP contribution >= 0.6 is 11.3 Å². The van der Waals surface area contributed by atoms with Gasteiger partial charge in [0.2, 0.25) is 0 Å². The minimum Gasteiger partial charge on any atom is -0.446 e. The molecule has 1 aromatic carbocycles. The molecule has 1 aromatic heterocycles. The van der Waals surface area contributed by atoms with E-state index in [0.29, 0.717) is 24.2 Å². The second kappa shape index (κ2) is 10.1. The zero-order valence-electron chi connectivity index (χ0n) is 18.6. The van der Waals surface area contributed by atoms with Gasteiger partial charge in [-0.3, -0.25) is 9.69 Å². The van der Waals surface area contributed by atoms with Crippen LogP contribution in [0.5, 0.6) is 0 Å². The highest BCUT2D eigenvalue weighted by Crippen LogP contribution is 2.35. The van der Waals surface area contributed by atoms with Gasteiger partial charge in [-0.05, 0) is 53.0 Å². The molecule has 1 aliphatic carbocycles. The van der Waals surface area contributed by atoms with Crippen LogP contribution in [-0.4, -0.2) is 36.1 Å². The van der Waals surface area contributed by atoms with Crippen LogP contribution in [0.4, 0.5) is 4.79 Å². The predicted octanol–water partition coefficient (Wildman–Crippen LogP) is 4.94. The topological polar surface area (TPSA) is 82.4 Å². The lowest BCUT2D eigenvalue weighted by Crippen LogP contribution is -2.49. The quantitative estimate of drug-likeness (QED) is 0.508. The van der Waals surface area contributed by atoms with Crippen molar-refractivity contribution in [1.82, 2.24) is 10.2 Å². The number of benzene rings is 1. The number of alkyl carbamates (subject to hydrolysis) is 1. The number of nitriles is 1.